The van der Waals surface area contributed by atoms with Crippen LogP contribution in [0.25, 0.3) is 0 Å². The van der Waals surface area contributed by atoms with Gasteiger partial charge in [0.05, 0.1) is 5.92 Å². The third kappa shape index (κ3) is 1.13. The minimum Gasteiger partial charge on any atom is -0.292 e. The Labute approximate surface area is 75.8 Å². The summed E-state index contributed by atoms with van der Waals surface area (Å²) in [6.45, 7) is 1.79. The van der Waals surface area contributed by atoms with Gasteiger partial charge >= 0.3 is 0 Å². The molecule has 1 aliphatic heterocycles. The van der Waals surface area contributed by atoms with Crippen LogP contribution >= 0.6 is 0 Å². The molecule has 0 radical (unpaired) electrons. The average Bonchev–Trinajstić information content (AvgIpc) is 2.15. The van der Waals surface area contributed by atoms with Crippen LogP contribution in [-0.2, 0) is 4.79 Å². The summed E-state index contributed by atoms with van der Waals surface area (Å²) in [6, 6.07) is 7.17. The van der Waals surface area contributed by atoms with E-state index < -0.39 is 0 Å². The van der Waals surface area contributed by atoms with Crippen LogP contribution in [0.4, 0.5) is 0 Å². The third-order valence-electron chi connectivity index (χ3n) is 2.30. The second kappa shape index (κ2) is 2.69. The zero-order valence-electron chi connectivity index (χ0n) is 7.20. The van der Waals surface area contributed by atoms with E-state index in [1.807, 2.05) is 12.1 Å². The Hall–Kier alpha value is -1.64. The van der Waals surface area contributed by atoms with Gasteiger partial charge in [0.25, 0.3) is 5.91 Å². The zero-order valence-corrected chi connectivity index (χ0v) is 7.20. The van der Waals surface area contributed by atoms with E-state index in [9.17, 15) is 9.59 Å². The summed E-state index contributed by atoms with van der Waals surface area (Å²) < 4.78 is 0. The fraction of sp³-hybridized carbons (Fsp3) is 0.200. The Bertz CT molecular complexity index is 384. The van der Waals surface area contributed by atoms with Gasteiger partial charge in [0.1, 0.15) is 0 Å². The highest BCUT2D eigenvalue weighted by molar-refractivity contribution is 6.11. The lowest BCUT2D eigenvalue weighted by molar-refractivity contribution is -0.121. The van der Waals surface area contributed by atoms with Gasteiger partial charge in [-0.15, -0.1) is 0 Å². The second-order valence-corrected chi connectivity index (χ2v) is 3.13. The summed E-state index contributed by atoms with van der Waals surface area (Å²) in [5, 5.41) is 2.31. The van der Waals surface area contributed by atoms with Gasteiger partial charge in [0, 0.05) is 5.56 Å². The van der Waals surface area contributed by atoms with Crippen molar-refractivity contribution < 1.29 is 9.59 Å². The normalized spacial score (nSPS) is 20.8. The molecule has 0 spiro atoms. The minimum atomic E-state index is -0.293. The van der Waals surface area contributed by atoms with Crippen LogP contribution in [0, 0.1) is 0 Å². The van der Waals surface area contributed by atoms with E-state index in [0.717, 1.165) is 5.56 Å². The molecule has 1 aromatic carbocycles. The van der Waals surface area contributed by atoms with Gasteiger partial charge in [0.2, 0.25) is 5.91 Å². The van der Waals surface area contributed by atoms with E-state index in [-0.39, 0.29) is 17.7 Å². The van der Waals surface area contributed by atoms with E-state index in [1.54, 1.807) is 19.1 Å². The van der Waals surface area contributed by atoms with Gasteiger partial charge in [-0.25, -0.2) is 0 Å². The number of carbonyl (C=O) groups excluding carboxylic acids is 2. The number of nitrogens with one attached hydrogen (secondary N) is 1. The van der Waals surface area contributed by atoms with Gasteiger partial charge in [-0.1, -0.05) is 18.2 Å². The molecule has 1 heterocycles. The van der Waals surface area contributed by atoms with Crippen molar-refractivity contribution in [1.29, 1.82) is 0 Å². The first-order chi connectivity index (χ1) is 6.20. The highest BCUT2D eigenvalue weighted by Gasteiger charge is 2.27. The van der Waals surface area contributed by atoms with Crippen molar-refractivity contribution in [2.75, 3.05) is 0 Å². The molecule has 13 heavy (non-hydrogen) atoms. The second-order valence-electron chi connectivity index (χ2n) is 3.13. The van der Waals surface area contributed by atoms with Gasteiger partial charge in [0.15, 0.2) is 0 Å². The molecule has 1 atom stereocenters. The molecule has 0 aliphatic carbocycles. The summed E-state index contributed by atoms with van der Waals surface area (Å²) >= 11 is 0. The van der Waals surface area contributed by atoms with E-state index in [0.29, 0.717) is 5.56 Å². The first-order valence-corrected chi connectivity index (χ1v) is 4.14. The Kier molecular flexibility index (Phi) is 1.65. The Morgan fingerprint density at radius 3 is 2.69 bits per heavy atom. The molecular weight excluding hydrogens is 166 g/mol. The van der Waals surface area contributed by atoms with Crippen molar-refractivity contribution in [2.24, 2.45) is 0 Å². The van der Waals surface area contributed by atoms with Crippen molar-refractivity contribution in [3.63, 3.8) is 0 Å². The van der Waals surface area contributed by atoms with Crippen molar-refractivity contribution >= 4 is 11.8 Å². The zero-order chi connectivity index (χ0) is 9.42. The monoisotopic (exact) mass is 175 g/mol. The molecule has 3 nitrogen and oxygen atoms in total. The van der Waals surface area contributed by atoms with Crippen molar-refractivity contribution in [3.8, 4) is 0 Å². The standard InChI is InChI=1S/C10H9NO2/c1-6-7-4-2-3-5-8(7)10(13)11-9(6)12/h2-6H,1H3,(H,11,12,13)/t6-/m1/s1. The molecule has 0 saturated heterocycles. The first-order valence-electron chi connectivity index (χ1n) is 4.14. The molecule has 0 saturated carbocycles. The molecule has 1 aromatic rings. The molecule has 66 valence electrons. The summed E-state index contributed by atoms with van der Waals surface area (Å²) in [5.74, 6) is -0.740. The number of benzene rings is 1. The van der Waals surface area contributed by atoms with Crippen molar-refractivity contribution in [3.05, 3.63) is 35.4 Å². The number of amides is 2. The number of fused-ring (bicyclic) bond motifs is 1. The summed E-state index contributed by atoms with van der Waals surface area (Å²) in [4.78, 5) is 22.5. The van der Waals surface area contributed by atoms with E-state index in [1.165, 1.54) is 0 Å². The number of imide groups is 1. The van der Waals surface area contributed by atoms with Gasteiger partial charge in [-0.2, -0.15) is 0 Å². The lowest BCUT2D eigenvalue weighted by Crippen LogP contribution is -2.39. The Morgan fingerprint density at radius 2 is 1.92 bits per heavy atom. The number of hydrogen-bond donors (Lipinski definition) is 1. The van der Waals surface area contributed by atoms with E-state index in [2.05, 4.69) is 5.32 Å². The smallest absolute Gasteiger partial charge is 0.258 e. The molecule has 2 rings (SSSR count). The van der Waals surface area contributed by atoms with Crippen molar-refractivity contribution in [2.45, 2.75) is 12.8 Å². The topological polar surface area (TPSA) is 46.2 Å². The van der Waals surface area contributed by atoms with Crippen LogP contribution in [0.15, 0.2) is 24.3 Å². The van der Waals surface area contributed by atoms with Crippen LogP contribution in [0.5, 0.6) is 0 Å². The van der Waals surface area contributed by atoms with Gasteiger partial charge < -0.3 is 0 Å². The minimum absolute atomic E-state index is 0.219. The lowest BCUT2D eigenvalue weighted by atomic mass is 9.91. The van der Waals surface area contributed by atoms with Crippen molar-refractivity contribution in [1.82, 2.24) is 5.32 Å². The summed E-state index contributed by atoms with van der Waals surface area (Å²) in [5.41, 5.74) is 1.42. The maximum Gasteiger partial charge on any atom is 0.258 e. The molecule has 0 fully saturated rings. The molecule has 1 N–H and O–H groups in total. The molecule has 0 bridgehead atoms. The summed E-state index contributed by atoms with van der Waals surface area (Å²) in [7, 11) is 0. The molecule has 0 aromatic heterocycles. The highest BCUT2D eigenvalue weighted by Crippen LogP contribution is 2.23. The number of carbonyl (C=O) groups is 2. The Morgan fingerprint density at radius 1 is 1.23 bits per heavy atom. The lowest BCUT2D eigenvalue weighted by Gasteiger charge is -2.20. The van der Waals surface area contributed by atoms with Crippen LogP contribution in [0.3, 0.4) is 0 Å². The third-order valence-corrected chi connectivity index (χ3v) is 2.30. The fourth-order valence-electron chi connectivity index (χ4n) is 1.51. The Balaban J connectivity index is 2.60. The van der Waals surface area contributed by atoms with Crippen LogP contribution in [0.1, 0.15) is 28.8 Å². The molecule has 1 aliphatic rings. The predicted molar refractivity (Wildman–Crippen MR) is 47.3 cm³/mol. The maximum atomic E-state index is 11.3. The maximum absolute atomic E-state index is 11.3. The summed E-state index contributed by atoms with van der Waals surface area (Å²) in [6.07, 6.45) is 0. The van der Waals surface area contributed by atoms with Crippen LogP contribution < -0.4 is 5.32 Å². The van der Waals surface area contributed by atoms with E-state index >= 15 is 0 Å². The van der Waals surface area contributed by atoms with E-state index in [4.69, 9.17) is 0 Å². The quantitative estimate of drug-likeness (QED) is 0.599. The molecular formula is C10H9NO2. The van der Waals surface area contributed by atoms with Crippen LogP contribution in [0.2, 0.25) is 0 Å². The van der Waals surface area contributed by atoms with Gasteiger partial charge in [-0.05, 0) is 18.6 Å². The van der Waals surface area contributed by atoms with Crippen LogP contribution in [-0.4, -0.2) is 11.8 Å². The fourth-order valence-corrected chi connectivity index (χ4v) is 1.51. The highest BCUT2D eigenvalue weighted by atomic mass is 16.2. The molecule has 3 heteroatoms. The predicted octanol–water partition coefficient (Wildman–Crippen LogP) is 1.06. The molecule has 0 unspecified atom stereocenters. The SMILES string of the molecule is C[C@H]1C(=O)NC(=O)c2ccccc21. The van der Waals surface area contributed by atoms with Gasteiger partial charge in [-0.3, -0.25) is 14.9 Å². The molecule has 2 amide bonds. The average molecular weight is 175 g/mol. The number of hydrogen-bond acceptors (Lipinski definition) is 2. The largest absolute Gasteiger partial charge is 0.292 e. The first kappa shape index (κ1) is 7.98. The number of rotatable bonds is 0.